The molecule has 5 atom stereocenters. The van der Waals surface area contributed by atoms with E-state index in [1.54, 1.807) is 43.3 Å². The molecule has 2 heterocycles. The third-order valence-corrected chi connectivity index (χ3v) is 7.05. The second-order valence-electron chi connectivity index (χ2n) is 7.51. The lowest BCUT2D eigenvalue weighted by molar-refractivity contribution is -0.142. The van der Waals surface area contributed by atoms with Crippen molar-refractivity contribution in [3.8, 4) is 5.75 Å². The van der Waals surface area contributed by atoms with Gasteiger partial charge in [0.2, 0.25) is 5.91 Å². The number of urea groups is 1. The zero-order valence-corrected chi connectivity index (χ0v) is 20.7. The van der Waals surface area contributed by atoms with Crippen molar-refractivity contribution in [2.75, 3.05) is 20.3 Å². The van der Waals surface area contributed by atoms with Crippen molar-refractivity contribution in [1.82, 2.24) is 15.3 Å². The highest BCUT2D eigenvalue weighted by atomic mass is 79.9. The van der Waals surface area contributed by atoms with Crippen molar-refractivity contribution in [2.45, 2.75) is 32.2 Å². The molecule has 180 valence electrons. The van der Waals surface area contributed by atoms with Gasteiger partial charge in [0.15, 0.2) is 6.23 Å². The van der Waals surface area contributed by atoms with Crippen LogP contribution in [0.5, 0.6) is 5.75 Å². The van der Waals surface area contributed by atoms with E-state index in [0.717, 1.165) is 4.47 Å². The van der Waals surface area contributed by atoms with Gasteiger partial charge < -0.3 is 14.0 Å². The van der Waals surface area contributed by atoms with Crippen LogP contribution < -0.4 is 14.9 Å². The van der Waals surface area contributed by atoms with Crippen LogP contribution in [-0.2, 0) is 28.2 Å². The molecule has 0 radical (unpaired) electrons. The van der Waals surface area contributed by atoms with Crippen LogP contribution in [0.1, 0.15) is 13.8 Å². The Morgan fingerprint density at radius 3 is 2.70 bits per heavy atom. The molecule has 0 bridgehead atoms. The van der Waals surface area contributed by atoms with Gasteiger partial charge in [-0.25, -0.2) is 9.36 Å². The average molecular weight is 546 g/mol. The van der Waals surface area contributed by atoms with Gasteiger partial charge in [0.1, 0.15) is 17.9 Å². The molecule has 13 heteroatoms. The summed E-state index contributed by atoms with van der Waals surface area (Å²) < 4.78 is 35.8. The van der Waals surface area contributed by atoms with E-state index in [4.69, 9.17) is 13.8 Å². The maximum Gasteiger partial charge on any atom is 0.459 e. The largest absolute Gasteiger partial charge is 0.468 e. The van der Waals surface area contributed by atoms with Crippen LogP contribution in [0, 0.1) is 5.92 Å². The Balaban J connectivity index is 1.64. The second kappa shape index (κ2) is 10.8. The summed E-state index contributed by atoms with van der Waals surface area (Å²) in [6, 6.07) is 5.05. The molecule has 1 saturated heterocycles. The Labute approximate surface area is 199 Å². The van der Waals surface area contributed by atoms with Crippen molar-refractivity contribution in [1.29, 1.82) is 0 Å². The van der Waals surface area contributed by atoms with E-state index in [9.17, 15) is 18.9 Å². The summed E-state index contributed by atoms with van der Waals surface area (Å²) in [6.45, 7) is 3.19. The van der Waals surface area contributed by atoms with Crippen LogP contribution >= 0.6 is 23.7 Å². The van der Waals surface area contributed by atoms with E-state index in [2.05, 4.69) is 31.1 Å². The molecule has 1 aromatic rings. The highest BCUT2D eigenvalue weighted by Crippen LogP contribution is 2.45. The number of methoxy groups -OCH3 is 1. The van der Waals surface area contributed by atoms with Crippen molar-refractivity contribution in [2.24, 2.45) is 5.92 Å². The maximum absolute atomic E-state index is 13.4. The highest BCUT2D eigenvalue weighted by molar-refractivity contribution is 9.10. The summed E-state index contributed by atoms with van der Waals surface area (Å²) in [4.78, 5) is 37.0. The van der Waals surface area contributed by atoms with E-state index in [0.29, 0.717) is 0 Å². The van der Waals surface area contributed by atoms with Crippen LogP contribution in [0.3, 0.4) is 0 Å². The fourth-order valence-corrected chi connectivity index (χ4v) is 4.87. The Hall–Kier alpha value is -2.24. The second-order valence-corrected chi connectivity index (χ2v) is 10.1. The van der Waals surface area contributed by atoms with E-state index in [1.807, 2.05) is 0 Å². The molecule has 1 aromatic carbocycles. The fourth-order valence-electron chi connectivity index (χ4n) is 3.10. The molecule has 0 aromatic heterocycles. The number of hydrogen-bond donors (Lipinski definition) is 2. The zero-order valence-electron chi connectivity index (χ0n) is 18.2. The number of halogens is 1. The first-order chi connectivity index (χ1) is 15.6. The van der Waals surface area contributed by atoms with Crippen molar-refractivity contribution in [3.63, 3.8) is 0 Å². The molecule has 2 N–H and O–H groups in total. The van der Waals surface area contributed by atoms with Crippen LogP contribution in [0.4, 0.5) is 4.79 Å². The minimum Gasteiger partial charge on any atom is -0.468 e. The van der Waals surface area contributed by atoms with Crippen LogP contribution in [0.2, 0.25) is 0 Å². The van der Waals surface area contributed by atoms with E-state index < -0.39 is 38.1 Å². The Morgan fingerprint density at radius 2 is 2.03 bits per heavy atom. The monoisotopic (exact) mass is 545 g/mol. The molecule has 1 fully saturated rings. The quantitative estimate of drug-likeness (QED) is 0.273. The summed E-state index contributed by atoms with van der Waals surface area (Å²) in [6.07, 6.45) is 1.96. The number of imide groups is 1. The molecule has 0 aliphatic carbocycles. The van der Waals surface area contributed by atoms with Gasteiger partial charge >= 0.3 is 19.7 Å². The van der Waals surface area contributed by atoms with Gasteiger partial charge in [0.25, 0.3) is 0 Å². The Bertz CT molecular complexity index is 973. The van der Waals surface area contributed by atoms with Crippen LogP contribution in [0.25, 0.3) is 0 Å². The lowest BCUT2D eigenvalue weighted by Crippen LogP contribution is -2.57. The lowest BCUT2D eigenvalue weighted by atomic mass is 10.1. The lowest BCUT2D eigenvalue weighted by Gasteiger charge is -2.34. The topological polar surface area (TPSA) is 132 Å². The van der Waals surface area contributed by atoms with Crippen molar-refractivity contribution in [3.05, 3.63) is 40.9 Å². The fraction of sp³-hybridized carbons (Fsp3) is 0.450. The van der Waals surface area contributed by atoms with E-state index in [1.165, 1.54) is 18.9 Å². The third-order valence-electron chi connectivity index (χ3n) is 4.88. The summed E-state index contributed by atoms with van der Waals surface area (Å²) >= 11 is 3.31. The number of nitrogens with one attached hydrogen (secondary N) is 2. The first kappa shape index (κ1) is 25.4. The smallest absolute Gasteiger partial charge is 0.459 e. The van der Waals surface area contributed by atoms with Gasteiger partial charge in [0, 0.05) is 11.0 Å². The first-order valence-electron chi connectivity index (χ1n) is 10.1. The zero-order chi connectivity index (χ0) is 24.2. The Kier molecular flexibility index (Phi) is 8.30. The molecular formula is C20H25BrN3O8P. The first-order valence-corrected chi connectivity index (χ1v) is 12.4. The summed E-state index contributed by atoms with van der Waals surface area (Å²) in [5.74, 6) is -1.10. The number of esters is 1. The number of carbonyl (C=O) groups is 3. The third kappa shape index (κ3) is 6.64. The van der Waals surface area contributed by atoms with Crippen molar-refractivity contribution >= 4 is 41.6 Å². The maximum atomic E-state index is 13.4. The van der Waals surface area contributed by atoms with Gasteiger partial charge in [-0.15, -0.1) is 0 Å². The van der Waals surface area contributed by atoms with Gasteiger partial charge in [0.05, 0.1) is 19.6 Å². The van der Waals surface area contributed by atoms with E-state index in [-0.39, 0.29) is 30.7 Å². The molecule has 2 unspecified atom stereocenters. The number of carbonyl (C=O) groups excluding carboxylic acids is 3. The molecule has 2 aliphatic heterocycles. The van der Waals surface area contributed by atoms with Crippen molar-refractivity contribution < 1.29 is 37.5 Å². The molecule has 3 rings (SSSR count). The van der Waals surface area contributed by atoms with E-state index >= 15 is 0 Å². The molecule has 0 saturated carbocycles. The predicted octanol–water partition coefficient (Wildman–Crippen LogP) is 2.57. The molecule has 33 heavy (non-hydrogen) atoms. The normalized spacial score (nSPS) is 25.3. The van der Waals surface area contributed by atoms with Crippen LogP contribution in [0.15, 0.2) is 40.9 Å². The number of hydrogen-bond acceptors (Lipinski definition) is 8. The minimum atomic E-state index is -4.03. The molecule has 11 nitrogen and oxygen atoms in total. The van der Waals surface area contributed by atoms with Gasteiger partial charge in [-0.05, 0) is 37.3 Å². The highest BCUT2D eigenvalue weighted by Gasteiger charge is 2.38. The summed E-state index contributed by atoms with van der Waals surface area (Å²) in [7, 11) is -2.82. The standard InChI is InChI=1S/C20H25BrN3O8P/c1-12-10-24(20(27)22-18(12)25)17-9-8-16(31-17)11-30-33(28,23-13(2)19(26)29-3)32-15-6-4-14(21)5-7-15/h4-9,12-13,16-17H,10-11H2,1-3H3,(H,23,28)(H,22,25,27)/t12?,13-,16+,17-,33?/m1/s1. The molecule has 2 aliphatic rings. The number of rotatable bonds is 9. The SMILES string of the molecule is COC(=O)[C@@H](C)NP(=O)(OC[C@@H]1C=C[C@H](N2CC(C)C(=O)NC2=O)O1)Oc1ccc(Br)cc1. The van der Waals surface area contributed by atoms with Crippen LogP contribution in [-0.4, -0.2) is 61.4 Å². The number of ether oxygens (including phenoxy) is 2. The number of amides is 3. The number of benzene rings is 1. The van der Waals surface area contributed by atoms with Gasteiger partial charge in [-0.2, -0.15) is 5.09 Å². The minimum absolute atomic E-state index is 0.189. The molecule has 0 spiro atoms. The molecule has 3 amide bonds. The summed E-state index contributed by atoms with van der Waals surface area (Å²) in [5, 5.41) is 4.83. The molecular weight excluding hydrogens is 521 g/mol. The van der Waals surface area contributed by atoms with Gasteiger partial charge in [-0.3, -0.25) is 24.3 Å². The summed E-state index contributed by atoms with van der Waals surface area (Å²) in [5.41, 5.74) is 0. The predicted molar refractivity (Wildman–Crippen MR) is 120 cm³/mol. The van der Waals surface area contributed by atoms with Gasteiger partial charge in [-0.1, -0.05) is 28.9 Å². The number of nitrogens with zero attached hydrogens (tertiary/aromatic N) is 1. The Morgan fingerprint density at radius 1 is 1.33 bits per heavy atom. The average Bonchev–Trinajstić information content (AvgIpc) is 3.25.